The third-order valence-corrected chi connectivity index (χ3v) is 5.35. The molecule has 0 saturated carbocycles. The Bertz CT molecular complexity index is 389. The molecule has 1 rings (SSSR count). The fourth-order valence-corrected chi connectivity index (χ4v) is 3.46. The molecule has 0 bridgehead atoms. The molecule has 0 saturated heterocycles. The molecule has 27 heavy (non-hydrogen) atoms. The Balaban J connectivity index is 1.65. The van der Waals surface area contributed by atoms with Gasteiger partial charge in [-0.1, -0.05) is 90.9 Å². The van der Waals surface area contributed by atoms with Crippen LogP contribution in [0.4, 0.5) is 0 Å². The molecule has 0 aromatic carbocycles. The van der Waals surface area contributed by atoms with Gasteiger partial charge in [-0.25, -0.2) is 4.98 Å². The minimum Gasteiger partial charge on any atom is -0.381 e. The Labute approximate surface area is 169 Å². The summed E-state index contributed by atoms with van der Waals surface area (Å²) in [6.45, 7) is 7.56. The molecule has 1 aromatic heterocycles. The molecule has 3 nitrogen and oxygen atoms in total. The van der Waals surface area contributed by atoms with Crippen LogP contribution in [0.25, 0.3) is 0 Å². The number of nitrogens with zero attached hydrogens (tertiary/aromatic N) is 2. The summed E-state index contributed by atoms with van der Waals surface area (Å²) in [7, 11) is 0. The highest BCUT2D eigenvalue weighted by Gasteiger charge is 1.96. The second-order valence-corrected chi connectivity index (χ2v) is 8.55. The van der Waals surface area contributed by atoms with Gasteiger partial charge in [-0.2, -0.15) is 0 Å². The molecule has 0 N–H and O–H groups in total. The van der Waals surface area contributed by atoms with Crippen molar-refractivity contribution in [1.29, 1.82) is 0 Å². The highest BCUT2D eigenvalue weighted by atomic mass is 16.5. The molecule has 0 aliphatic heterocycles. The van der Waals surface area contributed by atoms with Crippen molar-refractivity contribution in [3.63, 3.8) is 0 Å². The molecule has 0 aliphatic rings. The van der Waals surface area contributed by atoms with Gasteiger partial charge in [0.05, 0.1) is 6.33 Å². The fourth-order valence-electron chi connectivity index (χ4n) is 3.46. The molecule has 1 aromatic rings. The van der Waals surface area contributed by atoms with Gasteiger partial charge in [0.15, 0.2) is 0 Å². The molecule has 0 amide bonds. The smallest absolute Gasteiger partial charge is 0.0945 e. The van der Waals surface area contributed by atoms with Crippen LogP contribution < -0.4 is 0 Å². The quantitative estimate of drug-likeness (QED) is 0.221. The Morgan fingerprint density at radius 3 is 1.70 bits per heavy atom. The average molecular weight is 379 g/mol. The number of imidazole rings is 1. The molecule has 0 aliphatic carbocycles. The Morgan fingerprint density at radius 2 is 1.22 bits per heavy atom. The van der Waals surface area contributed by atoms with Crippen LogP contribution in [0.3, 0.4) is 0 Å². The van der Waals surface area contributed by atoms with Crippen molar-refractivity contribution < 1.29 is 4.74 Å². The van der Waals surface area contributed by atoms with Crippen molar-refractivity contribution in [2.45, 2.75) is 117 Å². The maximum Gasteiger partial charge on any atom is 0.0945 e. The molecule has 0 radical (unpaired) electrons. The van der Waals surface area contributed by atoms with Crippen LogP contribution in [0.5, 0.6) is 0 Å². The second-order valence-electron chi connectivity index (χ2n) is 8.55. The molecular weight excluding hydrogens is 332 g/mol. The summed E-state index contributed by atoms with van der Waals surface area (Å²) < 4.78 is 7.85. The van der Waals surface area contributed by atoms with Gasteiger partial charge in [-0.3, -0.25) is 0 Å². The predicted molar refractivity (Wildman–Crippen MR) is 117 cm³/mol. The number of aromatic nitrogens is 2. The summed E-state index contributed by atoms with van der Waals surface area (Å²) in [6, 6.07) is 0. The molecule has 0 unspecified atom stereocenters. The van der Waals surface area contributed by atoms with Crippen LogP contribution in [-0.2, 0) is 11.3 Å². The van der Waals surface area contributed by atoms with Crippen molar-refractivity contribution in [3.05, 3.63) is 18.7 Å². The normalized spacial score (nSPS) is 11.5. The van der Waals surface area contributed by atoms with E-state index in [4.69, 9.17) is 4.74 Å². The van der Waals surface area contributed by atoms with Gasteiger partial charge < -0.3 is 9.30 Å². The van der Waals surface area contributed by atoms with E-state index < -0.39 is 0 Å². The molecule has 0 spiro atoms. The number of hydrogen-bond acceptors (Lipinski definition) is 2. The minimum atomic E-state index is 0.767. The summed E-state index contributed by atoms with van der Waals surface area (Å²) in [5.41, 5.74) is 0. The van der Waals surface area contributed by atoms with Crippen LogP contribution in [0, 0.1) is 5.92 Å². The third-order valence-electron chi connectivity index (χ3n) is 5.35. The zero-order valence-corrected chi connectivity index (χ0v) is 18.3. The van der Waals surface area contributed by atoms with Crippen LogP contribution >= 0.6 is 0 Å². The summed E-state index contributed by atoms with van der Waals surface area (Å²) in [5, 5.41) is 0. The number of rotatable bonds is 20. The van der Waals surface area contributed by atoms with Gasteiger partial charge >= 0.3 is 0 Å². The Kier molecular flexibility index (Phi) is 16.6. The number of ether oxygens (including phenoxy) is 1. The maximum absolute atomic E-state index is 5.67. The number of aryl methyl sites for hydroxylation is 1. The maximum atomic E-state index is 5.67. The first-order valence-electron chi connectivity index (χ1n) is 11.8. The number of unbranched alkanes of at least 4 members (excludes halogenated alkanes) is 13. The Morgan fingerprint density at radius 1 is 0.704 bits per heavy atom. The topological polar surface area (TPSA) is 27.1 Å². The highest BCUT2D eigenvalue weighted by Crippen LogP contribution is 2.13. The van der Waals surface area contributed by atoms with Crippen molar-refractivity contribution in [2.24, 2.45) is 5.92 Å². The zero-order valence-electron chi connectivity index (χ0n) is 18.3. The first kappa shape index (κ1) is 24.2. The molecule has 158 valence electrons. The minimum absolute atomic E-state index is 0.767. The van der Waals surface area contributed by atoms with E-state index in [1.807, 2.05) is 12.5 Å². The molecule has 3 heteroatoms. The first-order chi connectivity index (χ1) is 13.3. The van der Waals surface area contributed by atoms with E-state index in [1.165, 1.54) is 96.3 Å². The fraction of sp³-hybridized carbons (Fsp3) is 0.875. The largest absolute Gasteiger partial charge is 0.381 e. The summed E-state index contributed by atoms with van der Waals surface area (Å²) >= 11 is 0. The molecule has 0 atom stereocenters. The van der Waals surface area contributed by atoms with Gasteiger partial charge in [0, 0.05) is 32.2 Å². The van der Waals surface area contributed by atoms with Gasteiger partial charge in [-0.05, 0) is 25.2 Å². The van der Waals surface area contributed by atoms with E-state index in [0.717, 1.165) is 25.7 Å². The molecule has 1 heterocycles. The average Bonchev–Trinajstić information content (AvgIpc) is 3.17. The van der Waals surface area contributed by atoms with Crippen molar-refractivity contribution >= 4 is 0 Å². The molecular formula is C24H46N2O. The summed E-state index contributed by atoms with van der Waals surface area (Å²) in [6.07, 6.45) is 26.6. The number of hydrogen-bond donors (Lipinski definition) is 0. The van der Waals surface area contributed by atoms with Crippen LogP contribution in [0.2, 0.25) is 0 Å². The lowest BCUT2D eigenvalue weighted by atomic mass is 10.0. The van der Waals surface area contributed by atoms with E-state index in [0.29, 0.717) is 0 Å². The SMILES string of the molecule is CC(C)CCOCCCCCCCCCCCCCCCCn1ccnc1. The van der Waals surface area contributed by atoms with Gasteiger partial charge in [0.1, 0.15) is 0 Å². The lowest BCUT2D eigenvalue weighted by molar-refractivity contribution is 0.119. The third kappa shape index (κ3) is 17.0. The van der Waals surface area contributed by atoms with E-state index in [-0.39, 0.29) is 0 Å². The summed E-state index contributed by atoms with van der Waals surface area (Å²) in [4.78, 5) is 4.08. The van der Waals surface area contributed by atoms with E-state index >= 15 is 0 Å². The van der Waals surface area contributed by atoms with Crippen molar-refractivity contribution in [2.75, 3.05) is 13.2 Å². The van der Waals surface area contributed by atoms with Gasteiger partial charge in [0.25, 0.3) is 0 Å². The summed E-state index contributed by atoms with van der Waals surface area (Å²) in [5.74, 6) is 0.767. The van der Waals surface area contributed by atoms with Crippen molar-refractivity contribution in [3.8, 4) is 0 Å². The van der Waals surface area contributed by atoms with Crippen LogP contribution in [-0.4, -0.2) is 22.8 Å². The predicted octanol–water partition coefficient (Wildman–Crippen LogP) is 7.41. The van der Waals surface area contributed by atoms with Gasteiger partial charge in [0.2, 0.25) is 0 Å². The highest BCUT2D eigenvalue weighted by molar-refractivity contribution is 4.73. The Hall–Kier alpha value is -0.830. The second kappa shape index (κ2) is 18.5. The lowest BCUT2D eigenvalue weighted by Crippen LogP contribution is -2.00. The van der Waals surface area contributed by atoms with E-state index in [9.17, 15) is 0 Å². The van der Waals surface area contributed by atoms with Gasteiger partial charge in [-0.15, -0.1) is 0 Å². The lowest BCUT2D eigenvalue weighted by Gasteiger charge is -2.06. The first-order valence-corrected chi connectivity index (χ1v) is 11.8. The van der Waals surface area contributed by atoms with E-state index in [2.05, 4.69) is 29.6 Å². The van der Waals surface area contributed by atoms with Crippen molar-refractivity contribution in [1.82, 2.24) is 9.55 Å². The standard InChI is InChI=1S/C24H46N2O/c1-24(2)17-22-27-21-16-14-12-10-8-6-4-3-5-7-9-11-13-15-19-26-20-18-25-23-26/h18,20,23-24H,3-17,19,21-22H2,1-2H3. The monoisotopic (exact) mass is 378 g/mol. The van der Waals surface area contributed by atoms with Crippen LogP contribution in [0.15, 0.2) is 18.7 Å². The van der Waals surface area contributed by atoms with E-state index in [1.54, 1.807) is 0 Å². The zero-order chi connectivity index (χ0) is 19.4. The molecule has 0 fully saturated rings. The van der Waals surface area contributed by atoms with Crippen LogP contribution in [0.1, 0.15) is 110 Å².